The lowest BCUT2D eigenvalue weighted by molar-refractivity contribution is 0.632. The molecule has 1 atom stereocenters. The van der Waals surface area contributed by atoms with Crippen LogP contribution in [0.4, 0.5) is 5.69 Å². The van der Waals surface area contributed by atoms with Gasteiger partial charge in [0, 0.05) is 12.2 Å². The molecule has 1 aromatic heterocycles. The van der Waals surface area contributed by atoms with E-state index in [2.05, 4.69) is 46.5 Å². The van der Waals surface area contributed by atoms with Crippen LogP contribution in [0.15, 0.2) is 22.5 Å². The molecule has 0 radical (unpaired) electrons. The summed E-state index contributed by atoms with van der Waals surface area (Å²) in [5.41, 5.74) is 2.35. The number of nitrogens with one attached hydrogen (secondary N) is 1. The van der Waals surface area contributed by atoms with Gasteiger partial charge in [0.1, 0.15) is 0 Å². The van der Waals surface area contributed by atoms with E-state index in [-0.39, 0.29) is 0 Å². The van der Waals surface area contributed by atoms with Gasteiger partial charge in [0.05, 0.1) is 10.2 Å². The number of anilines is 1. The summed E-state index contributed by atoms with van der Waals surface area (Å²) in [6, 6.07) is 6.50. The maximum atomic E-state index is 4.56. The van der Waals surface area contributed by atoms with E-state index >= 15 is 0 Å². The largest absolute Gasteiger partial charge is 0.385 e. The molecule has 1 fully saturated rings. The maximum absolute atomic E-state index is 4.56. The molecule has 1 unspecified atom stereocenters. The molecule has 3 rings (SSSR count). The van der Waals surface area contributed by atoms with Crippen LogP contribution in [-0.2, 0) is 0 Å². The molecule has 1 saturated heterocycles. The number of hydrogen-bond donors (Lipinski definition) is 1. The van der Waals surface area contributed by atoms with Crippen LogP contribution in [-0.4, -0.2) is 29.3 Å². The van der Waals surface area contributed by atoms with Crippen molar-refractivity contribution in [2.24, 2.45) is 5.92 Å². The zero-order chi connectivity index (χ0) is 12.4. The molecule has 0 aliphatic carbocycles. The zero-order valence-corrected chi connectivity index (χ0v) is 12.8. The highest BCUT2D eigenvalue weighted by Crippen LogP contribution is 2.30. The predicted molar refractivity (Wildman–Crippen MR) is 85.3 cm³/mol. The topological polar surface area (TPSA) is 24.9 Å². The van der Waals surface area contributed by atoms with Crippen LogP contribution < -0.4 is 5.32 Å². The first-order valence-electron chi connectivity index (χ1n) is 6.11. The van der Waals surface area contributed by atoms with Gasteiger partial charge in [-0.25, -0.2) is 4.98 Å². The first kappa shape index (κ1) is 12.6. The quantitative estimate of drug-likeness (QED) is 0.856. The Labute approximate surface area is 120 Å². The molecular weight excluding hydrogens is 280 g/mol. The lowest BCUT2D eigenvalue weighted by atomic mass is 10.1. The fraction of sp³-hybridized carbons (Fsp3) is 0.462. The van der Waals surface area contributed by atoms with E-state index in [0.29, 0.717) is 0 Å². The van der Waals surface area contributed by atoms with Gasteiger partial charge < -0.3 is 5.32 Å². The molecule has 0 spiro atoms. The van der Waals surface area contributed by atoms with Gasteiger partial charge in [-0.05, 0) is 48.3 Å². The third kappa shape index (κ3) is 2.78. The first-order valence-corrected chi connectivity index (χ1v) is 9.31. The fourth-order valence-corrected chi connectivity index (χ4v) is 4.92. The van der Waals surface area contributed by atoms with E-state index in [4.69, 9.17) is 0 Å². The number of rotatable bonds is 4. The fourth-order valence-electron chi connectivity index (χ4n) is 2.11. The first-order chi connectivity index (χ1) is 8.85. The average molecular weight is 296 g/mol. The second-order valence-electron chi connectivity index (χ2n) is 4.48. The van der Waals surface area contributed by atoms with Gasteiger partial charge in [0.25, 0.3) is 0 Å². The van der Waals surface area contributed by atoms with Crippen molar-refractivity contribution in [3.05, 3.63) is 18.2 Å². The zero-order valence-electron chi connectivity index (χ0n) is 10.3. The standard InChI is InChI=1S/C13H16N2S3/c1-16-13-15-11-3-2-10(6-12(11)18-13)14-7-9-4-5-17-8-9/h2-3,6,9,14H,4-5,7-8H2,1H3. The van der Waals surface area contributed by atoms with Gasteiger partial charge in [0.2, 0.25) is 0 Å². The minimum absolute atomic E-state index is 0.842. The van der Waals surface area contributed by atoms with E-state index in [1.807, 2.05) is 0 Å². The Morgan fingerprint density at radius 2 is 2.44 bits per heavy atom. The maximum Gasteiger partial charge on any atom is 0.150 e. The van der Waals surface area contributed by atoms with Gasteiger partial charge in [0.15, 0.2) is 4.34 Å². The van der Waals surface area contributed by atoms with E-state index in [9.17, 15) is 0 Å². The molecule has 96 valence electrons. The van der Waals surface area contributed by atoms with Crippen molar-refractivity contribution >= 4 is 50.8 Å². The van der Waals surface area contributed by atoms with Crippen LogP contribution in [0.25, 0.3) is 10.2 Å². The minimum Gasteiger partial charge on any atom is -0.385 e. The Morgan fingerprint density at radius 3 is 3.22 bits per heavy atom. The summed E-state index contributed by atoms with van der Waals surface area (Å²) in [4.78, 5) is 4.56. The Kier molecular flexibility index (Phi) is 4.01. The van der Waals surface area contributed by atoms with Crippen LogP contribution in [0, 0.1) is 5.92 Å². The van der Waals surface area contributed by atoms with Crippen molar-refractivity contribution in [2.45, 2.75) is 10.8 Å². The Morgan fingerprint density at radius 1 is 1.50 bits per heavy atom. The molecule has 0 amide bonds. The minimum atomic E-state index is 0.842. The van der Waals surface area contributed by atoms with E-state index < -0.39 is 0 Å². The Balaban J connectivity index is 1.71. The summed E-state index contributed by atoms with van der Waals surface area (Å²) in [6.07, 6.45) is 3.44. The monoisotopic (exact) mass is 296 g/mol. The highest BCUT2D eigenvalue weighted by molar-refractivity contribution is 8.00. The van der Waals surface area contributed by atoms with Crippen LogP contribution in [0.3, 0.4) is 0 Å². The number of thiazole rings is 1. The Bertz CT molecular complexity index is 532. The number of benzene rings is 1. The molecule has 1 aromatic carbocycles. The summed E-state index contributed by atoms with van der Waals surface area (Å²) < 4.78 is 2.43. The predicted octanol–water partition coefficient (Wildman–Crippen LogP) is 4.18. The molecule has 0 bridgehead atoms. The molecule has 5 heteroatoms. The molecule has 2 aromatic rings. The second-order valence-corrected chi connectivity index (χ2v) is 7.71. The normalized spacial score (nSPS) is 19.5. The summed E-state index contributed by atoms with van der Waals surface area (Å²) in [5, 5.41) is 3.56. The van der Waals surface area contributed by atoms with Crippen molar-refractivity contribution in [3.63, 3.8) is 0 Å². The molecule has 2 heterocycles. The van der Waals surface area contributed by atoms with E-state index in [1.54, 1.807) is 23.1 Å². The van der Waals surface area contributed by atoms with Crippen LogP contribution in [0.1, 0.15) is 6.42 Å². The van der Waals surface area contributed by atoms with Gasteiger partial charge in [-0.15, -0.1) is 11.3 Å². The Hall–Kier alpha value is -0.390. The van der Waals surface area contributed by atoms with Crippen LogP contribution in [0.5, 0.6) is 0 Å². The number of nitrogens with zero attached hydrogens (tertiary/aromatic N) is 1. The molecule has 0 saturated carbocycles. The smallest absolute Gasteiger partial charge is 0.150 e. The highest BCUT2D eigenvalue weighted by atomic mass is 32.2. The van der Waals surface area contributed by atoms with Crippen molar-refractivity contribution in [1.29, 1.82) is 0 Å². The summed E-state index contributed by atoms with van der Waals surface area (Å²) in [7, 11) is 0. The van der Waals surface area contributed by atoms with Crippen molar-refractivity contribution in [1.82, 2.24) is 4.98 Å². The van der Waals surface area contributed by atoms with Crippen molar-refractivity contribution in [3.8, 4) is 0 Å². The highest BCUT2D eigenvalue weighted by Gasteiger charge is 2.14. The lowest BCUT2D eigenvalue weighted by Crippen LogP contribution is -2.13. The van der Waals surface area contributed by atoms with E-state index in [0.717, 1.165) is 22.3 Å². The van der Waals surface area contributed by atoms with Gasteiger partial charge in [-0.1, -0.05) is 11.8 Å². The average Bonchev–Trinajstić information content (AvgIpc) is 3.04. The summed E-state index contributed by atoms with van der Waals surface area (Å²) in [6.45, 7) is 1.10. The molecule has 1 N–H and O–H groups in total. The number of fused-ring (bicyclic) bond motifs is 1. The SMILES string of the molecule is CSc1nc2ccc(NCC3CCSC3)cc2s1. The van der Waals surface area contributed by atoms with E-state index in [1.165, 1.54) is 28.3 Å². The lowest BCUT2D eigenvalue weighted by Gasteiger charge is -2.10. The summed E-state index contributed by atoms with van der Waals surface area (Å²) in [5.74, 6) is 3.48. The third-order valence-electron chi connectivity index (χ3n) is 3.16. The van der Waals surface area contributed by atoms with Crippen molar-refractivity contribution in [2.75, 3.05) is 29.6 Å². The van der Waals surface area contributed by atoms with Crippen molar-refractivity contribution < 1.29 is 0 Å². The van der Waals surface area contributed by atoms with Crippen LogP contribution in [0.2, 0.25) is 0 Å². The van der Waals surface area contributed by atoms with Gasteiger partial charge in [-0.2, -0.15) is 11.8 Å². The summed E-state index contributed by atoms with van der Waals surface area (Å²) >= 11 is 5.57. The molecule has 18 heavy (non-hydrogen) atoms. The number of aromatic nitrogens is 1. The number of thioether (sulfide) groups is 2. The molecular formula is C13H16N2S3. The third-order valence-corrected chi connectivity index (χ3v) is 6.40. The molecule has 2 nitrogen and oxygen atoms in total. The second kappa shape index (κ2) is 5.72. The van der Waals surface area contributed by atoms with Crippen LogP contribution >= 0.6 is 34.9 Å². The molecule has 1 aliphatic heterocycles. The number of hydrogen-bond acceptors (Lipinski definition) is 5. The van der Waals surface area contributed by atoms with Gasteiger partial charge >= 0.3 is 0 Å². The molecule has 1 aliphatic rings. The van der Waals surface area contributed by atoms with Gasteiger partial charge in [-0.3, -0.25) is 0 Å².